The van der Waals surface area contributed by atoms with Crippen molar-refractivity contribution in [2.45, 2.75) is 6.92 Å². The Hall–Kier alpha value is 0.140. The van der Waals surface area contributed by atoms with Gasteiger partial charge in [0.1, 0.15) is 0 Å². The molecule has 0 aliphatic heterocycles. The Balaban J connectivity index is 3.37. The molecule has 0 radical (unpaired) electrons. The van der Waals surface area contributed by atoms with E-state index in [0.717, 1.165) is 8.95 Å². The quantitative estimate of drug-likeness (QED) is 0.564. The van der Waals surface area contributed by atoms with Crippen LogP contribution in [-0.4, -0.2) is 5.78 Å². The monoisotopic (exact) mass is 310 g/mol. The second-order valence-corrected chi connectivity index (χ2v) is 4.45. The SMILES string of the molecule is CC(=O)c1cc(Br)cc(Br)c1Cl. The molecule has 0 saturated heterocycles. The van der Waals surface area contributed by atoms with Crippen LogP contribution in [0.1, 0.15) is 17.3 Å². The molecule has 1 aromatic carbocycles. The lowest BCUT2D eigenvalue weighted by Crippen LogP contribution is -1.93. The van der Waals surface area contributed by atoms with Crippen molar-refractivity contribution >= 4 is 49.2 Å². The molecule has 0 saturated carbocycles. The molecule has 0 unspecified atom stereocenters. The number of Topliss-reactive ketones (excluding diaryl/α,β-unsaturated/α-hetero) is 1. The Kier molecular flexibility index (Phi) is 3.32. The summed E-state index contributed by atoms with van der Waals surface area (Å²) in [6.07, 6.45) is 0. The summed E-state index contributed by atoms with van der Waals surface area (Å²) in [7, 11) is 0. The van der Waals surface area contributed by atoms with Crippen molar-refractivity contribution in [3.05, 3.63) is 31.7 Å². The molecule has 1 rings (SSSR count). The number of halogens is 3. The van der Waals surface area contributed by atoms with Gasteiger partial charge in [0.25, 0.3) is 0 Å². The molecule has 4 heteroatoms. The third-order valence-electron chi connectivity index (χ3n) is 1.37. The molecule has 0 aliphatic carbocycles. The summed E-state index contributed by atoms with van der Waals surface area (Å²) in [5.41, 5.74) is 0.526. The Morgan fingerprint density at radius 3 is 2.50 bits per heavy atom. The van der Waals surface area contributed by atoms with Gasteiger partial charge in [-0.1, -0.05) is 27.5 Å². The highest BCUT2D eigenvalue weighted by atomic mass is 79.9. The molecule has 0 heterocycles. The highest BCUT2D eigenvalue weighted by Crippen LogP contribution is 2.30. The molecule has 0 amide bonds. The minimum atomic E-state index is -0.0398. The van der Waals surface area contributed by atoms with Crippen LogP contribution in [0.15, 0.2) is 21.1 Å². The minimum Gasteiger partial charge on any atom is -0.294 e. The number of rotatable bonds is 1. The maximum Gasteiger partial charge on any atom is 0.161 e. The summed E-state index contributed by atoms with van der Waals surface area (Å²) in [6, 6.07) is 3.50. The second-order valence-electron chi connectivity index (χ2n) is 2.31. The number of hydrogen-bond donors (Lipinski definition) is 0. The lowest BCUT2D eigenvalue weighted by molar-refractivity contribution is 0.101. The van der Waals surface area contributed by atoms with Gasteiger partial charge >= 0.3 is 0 Å². The van der Waals surface area contributed by atoms with Crippen molar-refractivity contribution in [3.63, 3.8) is 0 Å². The van der Waals surface area contributed by atoms with Gasteiger partial charge in [-0.3, -0.25) is 4.79 Å². The zero-order chi connectivity index (χ0) is 9.30. The summed E-state index contributed by atoms with van der Waals surface area (Å²) in [4.78, 5) is 11.0. The molecule has 1 aromatic rings. The predicted molar refractivity (Wildman–Crippen MR) is 56.9 cm³/mol. The molecule has 0 atom stereocenters. The van der Waals surface area contributed by atoms with E-state index in [1.165, 1.54) is 6.92 Å². The Morgan fingerprint density at radius 2 is 2.00 bits per heavy atom. The van der Waals surface area contributed by atoms with E-state index >= 15 is 0 Å². The summed E-state index contributed by atoms with van der Waals surface area (Å²) >= 11 is 12.4. The van der Waals surface area contributed by atoms with Crippen LogP contribution < -0.4 is 0 Å². The van der Waals surface area contributed by atoms with Gasteiger partial charge in [-0.15, -0.1) is 0 Å². The van der Waals surface area contributed by atoms with Crippen molar-refractivity contribution in [1.82, 2.24) is 0 Å². The largest absolute Gasteiger partial charge is 0.294 e. The first-order valence-corrected chi connectivity index (χ1v) is 5.14. The highest BCUT2D eigenvalue weighted by Gasteiger charge is 2.09. The number of carbonyl (C=O) groups excluding carboxylic acids is 1. The van der Waals surface area contributed by atoms with Crippen LogP contribution >= 0.6 is 43.5 Å². The van der Waals surface area contributed by atoms with E-state index in [9.17, 15) is 4.79 Å². The van der Waals surface area contributed by atoms with Gasteiger partial charge in [-0.05, 0) is 35.0 Å². The molecular weight excluding hydrogens is 307 g/mol. The first-order chi connectivity index (χ1) is 5.52. The Morgan fingerprint density at radius 1 is 1.42 bits per heavy atom. The van der Waals surface area contributed by atoms with E-state index in [1.54, 1.807) is 12.1 Å². The average molecular weight is 312 g/mol. The standard InChI is InChI=1S/C8H5Br2ClO/c1-4(12)6-2-5(9)3-7(10)8(6)11/h2-3H,1H3. The summed E-state index contributed by atoms with van der Waals surface area (Å²) in [5.74, 6) is -0.0398. The number of hydrogen-bond acceptors (Lipinski definition) is 1. The minimum absolute atomic E-state index is 0.0398. The van der Waals surface area contributed by atoms with E-state index in [0.29, 0.717) is 10.6 Å². The van der Waals surface area contributed by atoms with E-state index in [1.807, 2.05) is 0 Å². The Bertz CT molecular complexity index is 336. The maximum atomic E-state index is 11.0. The molecule has 0 N–H and O–H groups in total. The van der Waals surface area contributed by atoms with Gasteiger partial charge in [-0.2, -0.15) is 0 Å². The maximum absolute atomic E-state index is 11.0. The number of ketones is 1. The van der Waals surface area contributed by atoms with E-state index < -0.39 is 0 Å². The first-order valence-electron chi connectivity index (χ1n) is 3.18. The third-order valence-corrected chi connectivity index (χ3v) is 3.09. The van der Waals surface area contributed by atoms with Gasteiger partial charge in [-0.25, -0.2) is 0 Å². The molecule has 0 spiro atoms. The average Bonchev–Trinajstić information content (AvgIpc) is 1.96. The molecule has 0 bridgehead atoms. The molecular formula is C8H5Br2ClO. The molecule has 12 heavy (non-hydrogen) atoms. The summed E-state index contributed by atoms with van der Waals surface area (Å²) in [6.45, 7) is 1.49. The molecule has 0 fully saturated rings. The van der Waals surface area contributed by atoms with Gasteiger partial charge in [0, 0.05) is 14.5 Å². The van der Waals surface area contributed by atoms with Gasteiger partial charge < -0.3 is 0 Å². The summed E-state index contributed by atoms with van der Waals surface area (Å²) < 4.78 is 1.56. The zero-order valence-corrected chi connectivity index (χ0v) is 10.1. The molecule has 1 nitrogen and oxygen atoms in total. The van der Waals surface area contributed by atoms with Crippen molar-refractivity contribution in [2.24, 2.45) is 0 Å². The van der Waals surface area contributed by atoms with Gasteiger partial charge in [0.15, 0.2) is 5.78 Å². The highest BCUT2D eigenvalue weighted by molar-refractivity contribution is 9.11. The zero-order valence-electron chi connectivity index (χ0n) is 6.20. The van der Waals surface area contributed by atoms with Crippen molar-refractivity contribution in [3.8, 4) is 0 Å². The van der Waals surface area contributed by atoms with Gasteiger partial charge in [0.2, 0.25) is 0 Å². The predicted octanol–water partition coefficient (Wildman–Crippen LogP) is 4.07. The molecule has 0 aromatic heterocycles. The van der Waals surface area contributed by atoms with Crippen LogP contribution in [0.5, 0.6) is 0 Å². The van der Waals surface area contributed by atoms with Crippen molar-refractivity contribution in [2.75, 3.05) is 0 Å². The second kappa shape index (κ2) is 3.90. The number of benzene rings is 1. The molecule has 64 valence electrons. The van der Waals surface area contributed by atoms with Crippen LogP contribution in [0.4, 0.5) is 0 Å². The van der Waals surface area contributed by atoms with E-state index in [-0.39, 0.29) is 5.78 Å². The molecule has 0 aliphatic rings. The van der Waals surface area contributed by atoms with Crippen LogP contribution in [0.25, 0.3) is 0 Å². The van der Waals surface area contributed by atoms with E-state index in [2.05, 4.69) is 31.9 Å². The normalized spacial score (nSPS) is 10.0. The first kappa shape index (κ1) is 10.2. The fourth-order valence-electron chi connectivity index (χ4n) is 0.812. The lowest BCUT2D eigenvalue weighted by Gasteiger charge is -2.02. The van der Waals surface area contributed by atoms with Crippen LogP contribution in [0.3, 0.4) is 0 Å². The fourth-order valence-corrected chi connectivity index (χ4v) is 2.28. The van der Waals surface area contributed by atoms with Gasteiger partial charge in [0.05, 0.1) is 5.02 Å². The third kappa shape index (κ3) is 2.09. The van der Waals surface area contributed by atoms with Crippen LogP contribution in [0, 0.1) is 0 Å². The topological polar surface area (TPSA) is 17.1 Å². The van der Waals surface area contributed by atoms with Crippen molar-refractivity contribution < 1.29 is 4.79 Å². The summed E-state index contributed by atoms with van der Waals surface area (Å²) in [5, 5.41) is 0.464. The van der Waals surface area contributed by atoms with Crippen LogP contribution in [-0.2, 0) is 0 Å². The lowest BCUT2D eigenvalue weighted by atomic mass is 10.1. The Labute approximate surface area is 92.4 Å². The van der Waals surface area contributed by atoms with Crippen LogP contribution in [0.2, 0.25) is 5.02 Å². The smallest absolute Gasteiger partial charge is 0.161 e. The fraction of sp³-hybridized carbons (Fsp3) is 0.125. The number of carbonyl (C=O) groups is 1. The van der Waals surface area contributed by atoms with Crippen molar-refractivity contribution in [1.29, 1.82) is 0 Å². The van der Waals surface area contributed by atoms with E-state index in [4.69, 9.17) is 11.6 Å².